The van der Waals surface area contributed by atoms with Crippen LogP contribution in [0.2, 0.25) is 0 Å². The van der Waals surface area contributed by atoms with Crippen molar-refractivity contribution in [3.8, 4) is 0 Å². The molecule has 1 rings (SSSR count). The predicted octanol–water partition coefficient (Wildman–Crippen LogP) is 1.50. The first-order valence-electron chi connectivity index (χ1n) is 4.59. The summed E-state index contributed by atoms with van der Waals surface area (Å²) < 4.78 is 11.3. The number of amides is 1. The summed E-state index contributed by atoms with van der Waals surface area (Å²) >= 11 is 1.17. The maximum atomic E-state index is 11.3. The highest BCUT2D eigenvalue weighted by Gasteiger charge is 2.23. The van der Waals surface area contributed by atoms with Gasteiger partial charge in [0.25, 0.3) is 0 Å². The van der Waals surface area contributed by atoms with Crippen LogP contribution in [-0.4, -0.2) is 32.5 Å². The zero-order valence-electron chi connectivity index (χ0n) is 8.98. The lowest BCUT2D eigenvalue weighted by molar-refractivity contribution is -0.160. The van der Waals surface area contributed by atoms with E-state index < -0.39 is 13.5 Å². The van der Waals surface area contributed by atoms with Gasteiger partial charge < -0.3 is 9.79 Å². The Morgan fingerprint density at radius 3 is 2.65 bits per heavy atom. The van der Waals surface area contributed by atoms with Crippen molar-refractivity contribution in [2.75, 3.05) is 6.54 Å². The van der Waals surface area contributed by atoms with Crippen LogP contribution in [0.5, 0.6) is 0 Å². The molecule has 6 nitrogen and oxygen atoms in total. The summed E-state index contributed by atoms with van der Waals surface area (Å²) in [7, 11) is -4.43. The monoisotopic (exact) mass is 277 g/mol. The van der Waals surface area contributed by atoms with Crippen molar-refractivity contribution in [1.82, 2.24) is 5.06 Å². The number of carbonyl (C=O) groups is 1. The van der Waals surface area contributed by atoms with Gasteiger partial charge in [-0.15, -0.1) is 11.3 Å². The summed E-state index contributed by atoms with van der Waals surface area (Å²) in [6.45, 7) is 0.879. The summed E-state index contributed by atoms with van der Waals surface area (Å²) in [6, 6.07) is 3.22. The average Bonchev–Trinajstić information content (AvgIpc) is 2.68. The molecule has 94 valence electrons. The van der Waals surface area contributed by atoms with E-state index in [1.54, 1.807) is 17.5 Å². The van der Waals surface area contributed by atoms with Gasteiger partial charge in [0, 0.05) is 11.8 Å². The van der Waals surface area contributed by atoms with Crippen LogP contribution >= 0.6 is 18.9 Å². The van der Waals surface area contributed by atoms with Gasteiger partial charge in [0.05, 0.1) is 11.9 Å². The summed E-state index contributed by atoms with van der Waals surface area (Å²) in [5.74, 6) is -0.600. The van der Waals surface area contributed by atoms with Gasteiger partial charge >= 0.3 is 7.60 Å². The van der Waals surface area contributed by atoms with Gasteiger partial charge in [0.2, 0.25) is 5.91 Å². The van der Waals surface area contributed by atoms with Gasteiger partial charge in [0.1, 0.15) is 0 Å². The first kappa shape index (κ1) is 14.1. The zero-order chi connectivity index (χ0) is 13.1. The summed E-state index contributed by atoms with van der Waals surface area (Å²) in [5, 5.41) is 11.0. The standard InChI is InChI=1S/C9H12NO5PS/c1-7(11)10(12)5-4-8(16(13,14)15)9-3-2-6-17-9/h2-4,6,12H,5H2,1H3,(H2,13,14,15)/b8-4-. The molecule has 0 aliphatic rings. The van der Waals surface area contributed by atoms with E-state index in [2.05, 4.69) is 0 Å². The molecule has 0 aliphatic carbocycles. The summed E-state index contributed by atoms with van der Waals surface area (Å²) in [6.07, 6.45) is 1.15. The SMILES string of the molecule is CC(=O)N(O)C/C=C(/c1cccs1)P(=O)(O)O. The highest BCUT2D eigenvalue weighted by Crippen LogP contribution is 2.51. The Morgan fingerprint density at radius 2 is 2.24 bits per heavy atom. The lowest BCUT2D eigenvalue weighted by Crippen LogP contribution is -2.24. The van der Waals surface area contributed by atoms with E-state index in [9.17, 15) is 9.36 Å². The third-order valence-corrected chi connectivity index (χ3v) is 4.01. The van der Waals surface area contributed by atoms with E-state index in [4.69, 9.17) is 15.0 Å². The van der Waals surface area contributed by atoms with Crippen molar-refractivity contribution in [1.29, 1.82) is 0 Å². The van der Waals surface area contributed by atoms with Gasteiger partial charge in [-0.3, -0.25) is 14.6 Å². The third-order valence-electron chi connectivity index (χ3n) is 1.91. The minimum atomic E-state index is -4.43. The normalized spacial score (nSPS) is 12.6. The van der Waals surface area contributed by atoms with Crippen molar-refractivity contribution in [3.63, 3.8) is 0 Å². The second-order valence-electron chi connectivity index (χ2n) is 3.21. The van der Waals surface area contributed by atoms with Crippen molar-refractivity contribution in [2.45, 2.75) is 6.92 Å². The molecule has 0 radical (unpaired) electrons. The number of rotatable bonds is 4. The summed E-state index contributed by atoms with van der Waals surface area (Å²) in [5.41, 5.74) is 0. The largest absolute Gasteiger partial charge is 0.357 e. The summed E-state index contributed by atoms with van der Waals surface area (Å²) in [4.78, 5) is 29.5. The molecule has 3 N–H and O–H groups in total. The molecule has 1 aromatic heterocycles. The average molecular weight is 277 g/mol. The molecule has 0 aliphatic heterocycles. The van der Waals surface area contributed by atoms with Gasteiger partial charge in [-0.1, -0.05) is 6.07 Å². The van der Waals surface area contributed by atoms with E-state index in [1.807, 2.05) is 0 Å². The van der Waals surface area contributed by atoms with Gasteiger partial charge in [-0.25, -0.2) is 5.06 Å². The quantitative estimate of drug-likeness (QED) is 0.440. The van der Waals surface area contributed by atoms with E-state index in [0.29, 0.717) is 9.94 Å². The van der Waals surface area contributed by atoms with Crippen LogP contribution in [0.1, 0.15) is 11.8 Å². The van der Waals surface area contributed by atoms with Crippen molar-refractivity contribution in [2.24, 2.45) is 0 Å². The van der Waals surface area contributed by atoms with Gasteiger partial charge in [-0.05, 0) is 17.5 Å². The van der Waals surface area contributed by atoms with E-state index in [0.717, 1.165) is 13.0 Å². The fourth-order valence-electron chi connectivity index (χ4n) is 1.09. The third kappa shape index (κ3) is 4.07. The molecular weight excluding hydrogens is 265 g/mol. The predicted molar refractivity (Wildman–Crippen MR) is 63.5 cm³/mol. The molecule has 0 aromatic carbocycles. The fourth-order valence-corrected chi connectivity index (χ4v) is 2.95. The zero-order valence-corrected chi connectivity index (χ0v) is 10.7. The fraction of sp³-hybridized carbons (Fsp3) is 0.222. The number of hydroxylamine groups is 2. The molecule has 1 amide bonds. The lowest BCUT2D eigenvalue weighted by atomic mass is 10.4. The Bertz CT molecular complexity index is 464. The molecule has 17 heavy (non-hydrogen) atoms. The van der Waals surface area contributed by atoms with E-state index >= 15 is 0 Å². The number of nitrogens with zero attached hydrogens (tertiary/aromatic N) is 1. The molecular formula is C9H12NO5PS. The van der Waals surface area contributed by atoms with Crippen molar-refractivity contribution >= 4 is 30.2 Å². The molecule has 0 saturated heterocycles. The Morgan fingerprint density at radius 1 is 1.59 bits per heavy atom. The van der Waals surface area contributed by atoms with Crippen LogP contribution < -0.4 is 0 Å². The first-order chi connectivity index (χ1) is 7.82. The molecule has 8 heteroatoms. The topological polar surface area (TPSA) is 98.1 Å². The van der Waals surface area contributed by atoms with E-state index in [1.165, 1.54) is 11.3 Å². The molecule has 1 aromatic rings. The molecule has 0 bridgehead atoms. The van der Waals surface area contributed by atoms with Crippen LogP contribution in [0.4, 0.5) is 0 Å². The number of hydrogen-bond donors (Lipinski definition) is 3. The minimum absolute atomic E-state index is 0.187. The van der Waals surface area contributed by atoms with E-state index in [-0.39, 0.29) is 11.9 Å². The van der Waals surface area contributed by atoms with Crippen molar-refractivity contribution < 1.29 is 24.4 Å². The molecule has 1 heterocycles. The van der Waals surface area contributed by atoms with Gasteiger partial charge in [0.15, 0.2) is 0 Å². The number of carbonyl (C=O) groups excluding carboxylic acids is 1. The smallest absolute Gasteiger partial charge is 0.321 e. The van der Waals surface area contributed by atoms with Crippen LogP contribution in [0.3, 0.4) is 0 Å². The second-order valence-corrected chi connectivity index (χ2v) is 5.73. The lowest BCUT2D eigenvalue weighted by Gasteiger charge is -2.12. The molecule has 0 fully saturated rings. The maximum Gasteiger partial charge on any atom is 0.357 e. The Hall–Kier alpha value is -0.980. The molecule has 0 unspecified atom stereocenters. The highest BCUT2D eigenvalue weighted by molar-refractivity contribution is 7.63. The van der Waals surface area contributed by atoms with Crippen LogP contribution in [0.25, 0.3) is 5.31 Å². The number of hydrogen-bond acceptors (Lipinski definition) is 4. The van der Waals surface area contributed by atoms with Gasteiger partial charge in [-0.2, -0.15) is 0 Å². The Labute approximate surface area is 102 Å². The molecule has 0 atom stereocenters. The molecule has 0 saturated carbocycles. The second kappa shape index (κ2) is 5.57. The maximum absolute atomic E-state index is 11.3. The first-order valence-corrected chi connectivity index (χ1v) is 7.08. The Balaban J connectivity index is 2.97. The highest BCUT2D eigenvalue weighted by atomic mass is 32.1. The van der Waals surface area contributed by atoms with Crippen LogP contribution in [0, 0.1) is 0 Å². The minimum Gasteiger partial charge on any atom is -0.321 e. The van der Waals surface area contributed by atoms with Crippen molar-refractivity contribution in [3.05, 3.63) is 28.5 Å². The van der Waals surface area contributed by atoms with Crippen LogP contribution in [-0.2, 0) is 9.36 Å². The Kier molecular flexibility index (Phi) is 4.62. The number of thiophene rings is 1. The molecule has 0 spiro atoms. The van der Waals surface area contributed by atoms with Crippen LogP contribution in [0.15, 0.2) is 23.6 Å².